The number of carbonyl (C=O) groups is 2. The Morgan fingerprint density at radius 2 is 2.39 bits per heavy atom. The third-order valence-electron chi connectivity index (χ3n) is 2.25. The van der Waals surface area contributed by atoms with Crippen LogP contribution in [0.1, 0.15) is 5.56 Å². The van der Waals surface area contributed by atoms with Crippen molar-refractivity contribution in [1.82, 2.24) is 20.4 Å². The molecule has 0 aromatic carbocycles. The molecule has 1 heterocycles. The Hall–Kier alpha value is -2.09. The van der Waals surface area contributed by atoms with Crippen LogP contribution in [0, 0.1) is 0 Å². The SMILES string of the molecule is COCC(NC(=O)N(C)Cc1cn[nH]c1)C(=O)O. The molecule has 18 heavy (non-hydrogen) atoms. The summed E-state index contributed by atoms with van der Waals surface area (Å²) >= 11 is 0. The molecule has 0 aliphatic carbocycles. The molecule has 1 rings (SSSR count). The van der Waals surface area contributed by atoms with Crippen molar-refractivity contribution in [1.29, 1.82) is 0 Å². The predicted molar refractivity (Wildman–Crippen MR) is 61.9 cm³/mol. The molecular weight excluding hydrogens is 240 g/mol. The molecule has 1 atom stereocenters. The van der Waals surface area contributed by atoms with Gasteiger partial charge in [0.05, 0.1) is 19.3 Å². The van der Waals surface area contributed by atoms with Crippen LogP contribution in [-0.2, 0) is 16.1 Å². The van der Waals surface area contributed by atoms with E-state index in [-0.39, 0.29) is 6.61 Å². The lowest BCUT2D eigenvalue weighted by Gasteiger charge is -2.20. The maximum absolute atomic E-state index is 11.7. The van der Waals surface area contributed by atoms with Crippen molar-refractivity contribution >= 4 is 12.0 Å². The second kappa shape index (κ2) is 6.60. The van der Waals surface area contributed by atoms with E-state index in [0.29, 0.717) is 6.54 Å². The number of H-pyrrole nitrogens is 1. The number of methoxy groups -OCH3 is 1. The zero-order chi connectivity index (χ0) is 13.5. The van der Waals surface area contributed by atoms with Gasteiger partial charge in [-0.2, -0.15) is 5.10 Å². The number of hydrogen-bond acceptors (Lipinski definition) is 4. The van der Waals surface area contributed by atoms with E-state index in [9.17, 15) is 9.59 Å². The molecule has 0 spiro atoms. The Bertz CT molecular complexity index is 393. The van der Waals surface area contributed by atoms with Gasteiger partial charge in [0.25, 0.3) is 0 Å². The fourth-order valence-corrected chi connectivity index (χ4v) is 1.31. The smallest absolute Gasteiger partial charge is 0.328 e. The predicted octanol–water partition coefficient (Wildman–Crippen LogP) is -0.349. The van der Waals surface area contributed by atoms with Gasteiger partial charge in [-0.05, 0) is 0 Å². The fraction of sp³-hybridized carbons (Fsp3) is 0.500. The first-order valence-electron chi connectivity index (χ1n) is 5.25. The summed E-state index contributed by atoms with van der Waals surface area (Å²) in [5, 5.41) is 17.6. The van der Waals surface area contributed by atoms with Gasteiger partial charge in [-0.3, -0.25) is 5.10 Å². The Balaban J connectivity index is 2.50. The first-order chi connectivity index (χ1) is 8.54. The van der Waals surface area contributed by atoms with Crippen LogP contribution in [0.4, 0.5) is 4.79 Å². The standard InChI is InChI=1S/C10H16N4O4/c1-14(5-7-3-11-12-4-7)10(17)13-8(6-18-2)9(15)16/h3-4,8H,5-6H2,1-2H3,(H,11,12)(H,13,17)(H,15,16). The lowest BCUT2D eigenvalue weighted by molar-refractivity contribution is -0.140. The molecular formula is C10H16N4O4. The van der Waals surface area contributed by atoms with Crippen LogP contribution in [0.2, 0.25) is 0 Å². The number of aliphatic carboxylic acids is 1. The van der Waals surface area contributed by atoms with Gasteiger partial charge in [0, 0.05) is 25.9 Å². The number of ether oxygens (including phenoxy) is 1. The molecule has 100 valence electrons. The van der Waals surface area contributed by atoms with Gasteiger partial charge < -0.3 is 20.1 Å². The van der Waals surface area contributed by atoms with Crippen LogP contribution >= 0.6 is 0 Å². The number of carbonyl (C=O) groups excluding carboxylic acids is 1. The first-order valence-corrected chi connectivity index (χ1v) is 5.25. The summed E-state index contributed by atoms with van der Waals surface area (Å²) in [5.74, 6) is -1.14. The zero-order valence-corrected chi connectivity index (χ0v) is 10.2. The molecule has 1 aromatic heterocycles. The molecule has 8 heteroatoms. The molecule has 0 aliphatic rings. The summed E-state index contributed by atoms with van der Waals surface area (Å²) in [6, 6.07) is -1.55. The average Bonchev–Trinajstić information content (AvgIpc) is 2.80. The van der Waals surface area contributed by atoms with Gasteiger partial charge in [0.15, 0.2) is 6.04 Å². The molecule has 0 fully saturated rings. The van der Waals surface area contributed by atoms with Gasteiger partial charge in [0.2, 0.25) is 0 Å². The highest BCUT2D eigenvalue weighted by atomic mass is 16.5. The fourth-order valence-electron chi connectivity index (χ4n) is 1.31. The Kier molecular flexibility index (Phi) is 5.12. The maximum atomic E-state index is 11.7. The van der Waals surface area contributed by atoms with Crippen molar-refractivity contribution in [2.75, 3.05) is 20.8 Å². The van der Waals surface area contributed by atoms with Crippen molar-refractivity contribution in [3.63, 3.8) is 0 Å². The van der Waals surface area contributed by atoms with Crippen molar-refractivity contribution < 1.29 is 19.4 Å². The largest absolute Gasteiger partial charge is 0.480 e. The quantitative estimate of drug-likeness (QED) is 0.645. The number of carboxylic acid groups (broad SMARTS) is 1. The number of amides is 2. The lowest BCUT2D eigenvalue weighted by Crippen LogP contribution is -2.48. The molecule has 1 aromatic rings. The van der Waals surface area contributed by atoms with Crippen LogP contribution in [0.25, 0.3) is 0 Å². The monoisotopic (exact) mass is 256 g/mol. The summed E-state index contributed by atoms with van der Waals surface area (Å²) < 4.78 is 4.72. The van der Waals surface area contributed by atoms with E-state index < -0.39 is 18.0 Å². The molecule has 0 saturated carbocycles. The molecule has 2 amide bonds. The highest BCUT2D eigenvalue weighted by Gasteiger charge is 2.21. The molecule has 3 N–H and O–H groups in total. The van der Waals surface area contributed by atoms with E-state index in [1.807, 2.05) is 0 Å². The third kappa shape index (κ3) is 4.06. The molecule has 0 bridgehead atoms. The summed E-state index contributed by atoms with van der Waals surface area (Å²) in [4.78, 5) is 23.9. The molecule has 0 saturated heterocycles. The van der Waals surface area contributed by atoms with Crippen molar-refractivity contribution in [2.45, 2.75) is 12.6 Å². The summed E-state index contributed by atoms with van der Waals surface area (Å²) in [5.41, 5.74) is 0.825. The minimum atomic E-state index is -1.14. The van der Waals surface area contributed by atoms with E-state index in [4.69, 9.17) is 9.84 Å². The van der Waals surface area contributed by atoms with E-state index >= 15 is 0 Å². The van der Waals surface area contributed by atoms with Crippen molar-refractivity contribution in [2.24, 2.45) is 0 Å². The Morgan fingerprint density at radius 1 is 1.67 bits per heavy atom. The van der Waals surface area contributed by atoms with Crippen LogP contribution in [-0.4, -0.2) is 59.0 Å². The molecule has 1 unspecified atom stereocenters. The zero-order valence-electron chi connectivity index (χ0n) is 10.2. The minimum Gasteiger partial charge on any atom is -0.480 e. The van der Waals surface area contributed by atoms with E-state index in [0.717, 1.165) is 5.56 Å². The highest BCUT2D eigenvalue weighted by molar-refractivity contribution is 5.82. The lowest BCUT2D eigenvalue weighted by atomic mass is 10.3. The van der Waals surface area contributed by atoms with E-state index in [1.165, 1.54) is 12.0 Å². The summed E-state index contributed by atoms with van der Waals surface area (Å²) in [7, 11) is 2.94. The summed E-state index contributed by atoms with van der Waals surface area (Å²) in [6.45, 7) is 0.252. The Labute approximate surface area is 104 Å². The number of nitrogens with zero attached hydrogens (tertiary/aromatic N) is 2. The maximum Gasteiger partial charge on any atom is 0.328 e. The van der Waals surface area contributed by atoms with Crippen LogP contribution in [0.3, 0.4) is 0 Å². The number of nitrogens with one attached hydrogen (secondary N) is 2. The second-order valence-corrected chi connectivity index (χ2v) is 3.76. The number of hydrogen-bond donors (Lipinski definition) is 3. The molecule has 0 aliphatic heterocycles. The normalized spacial score (nSPS) is 11.9. The first kappa shape index (κ1) is 14.0. The highest BCUT2D eigenvalue weighted by Crippen LogP contribution is 2.00. The number of aromatic nitrogens is 2. The van der Waals surface area contributed by atoms with Crippen LogP contribution in [0.15, 0.2) is 12.4 Å². The number of carboxylic acids is 1. The van der Waals surface area contributed by atoms with E-state index in [2.05, 4.69) is 15.5 Å². The summed E-state index contributed by atoms with van der Waals surface area (Å²) in [6.07, 6.45) is 3.25. The van der Waals surface area contributed by atoms with Crippen LogP contribution < -0.4 is 5.32 Å². The van der Waals surface area contributed by atoms with Crippen molar-refractivity contribution in [3.05, 3.63) is 18.0 Å². The van der Waals surface area contributed by atoms with E-state index in [1.54, 1.807) is 19.4 Å². The average molecular weight is 256 g/mol. The molecule has 0 radical (unpaired) electrons. The Morgan fingerprint density at radius 3 is 2.89 bits per heavy atom. The van der Waals surface area contributed by atoms with Crippen LogP contribution in [0.5, 0.6) is 0 Å². The van der Waals surface area contributed by atoms with Gasteiger partial charge >= 0.3 is 12.0 Å². The van der Waals surface area contributed by atoms with Gasteiger partial charge in [-0.1, -0.05) is 0 Å². The molecule has 8 nitrogen and oxygen atoms in total. The third-order valence-corrected chi connectivity index (χ3v) is 2.25. The van der Waals surface area contributed by atoms with Gasteiger partial charge in [0.1, 0.15) is 0 Å². The second-order valence-electron chi connectivity index (χ2n) is 3.76. The van der Waals surface area contributed by atoms with Gasteiger partial charge in [-0.25, -0.2) is 9.59 Å². The number of rotatable bonds is 6. The minimum absolute atomic E-state index is 0.0827. The number of aromatic amines is 1. The van der Waals surface area contributed by atoms with Crippen molar-refractivity contribution in [3.8, 4) is 0 Å². The van der Waals surface area contributed by atoms with Gasteiger partial charge in [-0.15, -0.1) is 0 Å². The number of urea groups is 1. The topological polar surface area (TPSA) is 108 Å².